The first-order chi connectivity index (χ1) is 10.7. The summed E-state index contributed by atoms with van der Waals surface area (Å²) in [6, 6.07) is 3.43. The van der Waals surface area contributed by atoms with Gasteiger partial charge in [-0.15, -0.1) is 0 Å². The molecule has 6 heteroatoms. The average Bonchev–Trinajstić information content (AvgIpc) is 2.82. The summed E-state index contributed by atoms with van der Waals surface area (Å²) in [5.41, 5.74) is 0.701. The van der Waals surface area contributed by atoms with Gasteiger partial charge in [-0.2, -0.15) is 0 Å². The second kappa shape index (κ2) is 8.13. The number of methoxy groups -OCH3 is 2. The molecule has 0 unspecified atom stereocenters. The highest BCUT2D eigenvalue weighted by molar-refractivity contribution is 6.32. The number of halogens is 1. The lowest BCUT2D eigenvalue weighted by Gasteiger charge is -2.21. The standard InChI is InChI=1S/C16H23ClN2O3/c1-21-14-10-13(15(22-2)9-12(14)17)18-11-16(20)19-7-5-3-4-6-8-19/h9-10,18H,3-8,11H2,1-2H3. The van der Waals surface area contributed by atoms with Crippen LogP contribution in [0.15, 0.2) is 12.1 Å². The number of hydrogen-bond donors (Lipinski definition) is 1. The molecular weight excluding hydrogens is 304 g/mol. The van der Waals surface area contributed by atoms with E-state index in [1.165, 1.54) is 12.8 Å². The lowest BCUT2D eigenvalue weighted by atomic mass is 10.2. The van der Waals surface area contributed by atoms with E-state index in [0.717, 1.165) is 25.9 Å². The minimum Gasteiger partial charge on any atom is -0.495 e. The minimum atomic E-state index is 0.109. The van der Waals surface area contributed by atoms with Gasteiger partial charge in [0.2, 0.25) is 5.91 Å². The first-order valence-corrected chi connectivity index (χ1v) is 7.96. The molecule has 5 nitrogen and oxygen atoms in total. The summed E-state index contributed by atoms with van der Waals surface area (Å²) >= 11 is 6.07. The van der Waals surface area contributed by atoms with E-state index in [-0.39, 0.29) is 12.5 Å². The van der Waals surface area contributed by atoms with Crippen molar-refractivity contribution in [1.29, 1.82) is 0 Å². The zero-order chi connectivity index (χ0) is 15.9. The SMILES string of the molecule is COc1cc(NCC(=O)N2CCCCCC2)c(OC)cc1Cl. The Labute approximate surface area is 136 Å². The number of hydrogen-bond acceptors (Lipinski definition) is 4. The van der Waals surface area contributed by atoms with E-state index in [1.54, 1.807) is 26.4 Å². The largest absolute Gasteiger partial charge is 0.495 e. The van der Waals surface area contributed by atoms with Crippen molar-refractivity contribution in [1.82, 2.24) is 4.90 Å². The number of likely N-dealkylation sites (tertiary alicyclic amines) is 1. The Morgan fingerprint density at radius 1 is 1.14 bits per heavy atom. The maximum absolute atomic E-state index is 12.3. The number of ether oxygens (including phenoxy) is 2. The van der Waals surface area contributed by atoms with Gasteiger partial charge in [0.25, 0.3) is 0 Å². The number of amides is 1. The summed E-state index contributed by atoms with van der Waals surface area (Å²) in [7, 11) is 3.12. The molecular formula is C16H23ClN2O3. The molecule has 0 saturated carbocycles. The lowest BCUT2D eigenvalue weighted by Crippen LogP contribution is -2.36. The van der Waals surface area contributed by atoms with Gasteiger partial charge < -0.3 is 19.7 Å². The van der Waals surface area contributed by atoms with Crippen molar-refractivity contribution >= 4 is 23.2 Å². The number of carbonyl (C=O) groups excluding carboxylic acids is 1. The molecule has 0 radical (unpaired) electrons. The van der Waals surface area contributed by atoms with Gasteiger partial charge in [0.1, 0.15) is 11.5 Å². The van der Waals surface area contributed by atoms with Crippen molar-refractivity contribution in [2.75, 3.05) is 39.2 Å². The Kier molecular flexibility index (Phi) is 6.19. The van der Waals surface area contributed by atoms with E-state index >= 15 is 0 Å². The Balaban J connectivity index is 2.02. The van der Waals surface area contributed by atoms with Gasteiger partial charge in [-0.05, 0) is 12.8 Å². The van der Waals surface area contributed by atoms with Gasteiger partial charge in [-0.1, -0.05) is 24.4 Å². The minimum absolute atomic E-state index is 0.109. The highest BCUT2D eigenvalue weighted by Gasteiger charge is 2.16. The molecule has 22 heavy (non-hydrogen) atoms. The Hall–Kier alpha value is -1.62. The van der Waals surface area contributed by atoms with Gasteiger partial charge >= 0.3 is 0 Å². The Morgan fingerprint density at radius 3 is 2.36 bits per heavy atom. The second-order valence-electron chi connectivity index (χ2n) is 5.34. The highest BCUT2D eigenvalue weighted by Crippen LogP contribution is 2.35. The predicted octanol–water partition coefficient (Wildman–Crippen LogP) is 3.17. The number of nitrogens with zero attached hydrogens (tertiary/aromatic N) is 1. The van der Waals surface area contributed by atoms with Crippen molar-refractivity contribution in [3.8, 4) is 11.5 Å². The van der Waals surface area contributed by atoms with Gasteiger partial charge in [0, 0.05) is 25.2 Å². The van der Waals surface area contributed by atoms with Gasteiger partial charge in [-0.25, -0.2) is 0 Å². The smallest absolute Gasteiger partial charge is 0.241 e. The molecule has 0 bridgehead atoms. The molecule has 0 atom stereocenters. The van der Waals surface area contributed by atoms with E-state index in [0.29, 0.717) is 22.2 Å². The van der Waals surface area contributed by atoms with Crippen molar-refractivity contribution in [3.63, 3.8) is 0 Å². The molecule has 122 valence electrons. The molecule has 1 aliphatic rings. The molecule has 1 fully saturated rings. The van der Waals surface area contributed by atoms with E-state index in [2.05, 4.69) is 5.32 Å². The molecule has 0 aliphatic carbocycles. The first kappa shape index (κ1) is 16.7. The Bertz CT molecular complexity index is 514. The van der Waals surface area contributed by atoms with Crippen LogP contribution < -0.4 is 14.8 Å². The molecule has 0 aromatic heterocycles. The number of carbonyl (C=O) groups is 1. The number of rotatable bonds is 5. The predicted molar refractivity (Wildman–Crippen MR) is 88.1 cm³/mol. The van der Waals surface area contributed by atoms with E-state index in [1.807, 2.05) is 4.90 Å². The van der Waals surface area contributed by atoms with E-state index < -0.39 is 0 Å². The molecule has 2 rings (SSSR count). The molecule has 1 saturated heterocycles. The van der Waals surface area contributed by atoms with Crippen LogP contribution in [0.25, 0.3) is 0 Å². The lowest BCUT2D eigenvalue weighted by molar-refractivity contribution is -0.129. The summed E-state index contributed by atoms with van der Waals surface area (Å²) in [4.78, 5) is 14.2. The fourth-order valence-electron chi connectivity index (χ4n) is 2.60. The first-order valence-electron chi connectivity index (χ1n) is 7.59. The van der Waals surface area contributed by atoms with E-state index in [9.17, 15) is 4.79 Å². The summed E-state index contributed by atoms with van der Waals surface area (Å²) in [5, 5.41) is 3.60. The fraction of sp³-hybridized carbons (Fsp3) is 0.562. The zero-order valence-electron chi connectivity index (χ0n) is 13.2. The summed E-state index contributed by atoms with van der Waals surface area (Å²) in [6.45, 7) is 1.93. The zero-order valence-corrected chi connectivity index (χ0v) is 13.9. The van der Waals surface area contributed by atoms with Crippen molar-refractivity contribution in [2.45, 2.75) is 25.7 Å². The highest BCUT2D eigenvalue weighted by atomic mass is 35.5. The monoisotopic (exact) mass is 326 g/mol. The molecule has 0 spiro atoms. The van der Waals surface area contributed by atoms with Crippen LogP contribution in [0.2, 0.25) is 5.02 Å². The topological polar surface area (TPSA) is 50.8 Å². The molecule has 1 amide bonds. The van der Waals surface area contributed by atoms with Crippen LogP contribution in [0, 0.1) is 0 Å². The summed E-state index contributed by atoms with van der Waals surface area (Å²) < 4.78 is 10.5. The van der Waals surface area contributed by atoms with Crippen molar-refractivity contribution in [3.05, 3.63) is 17.2 Å². The number of benzene rings is 1. The third-order valence-corrected chi connectivity index (χ3v) is 4.16. The molecule has 1 heterocycles. The van der Waals surface area contributed by atoms with Gasteiger partial charge in [-0.3, -0.25) is 4.79 Å². The quantitative estimate of drug-likeness (QED) is 0.903. The van der Waals surface area contributed by atoms with Crippen LogP contribution in [0.5, 0.6) is 11.5 Å². The van der Waals surface area contributed by atoms with Gasteiger partial charge in [0.05, 0.1) is 31.5 Å². The van der Waals surface area contributed by atoms with Crippen molar-refractivity contribution < 1.29 is 14.3 Å². The maximum atomic E-state index is 12.3. The Morgan fingerprint density at radius 2 is 1.77 bits per heavy atom. The third-order valence-electron chi connectivity index (χ3n) is 3.86. The van der Waals surface area contributed by atoms with Crippen LogP contribution in [-0.4, -0.2) is 44.7 Å². The van der Waals surface area contributed by atoms with Gasteiger partial charge in [0.15, 0.2) is 0 Å². The number of nitrogens with one attached hydrogen (secondary N) is 1. The molecule has 1 aromatic rings. The van der Waals surface area contributed by atoms with Crippen LogP contribution >= 0.6 is 11.6 Å². The van der Waals surface area contributed by atoms with Crippen molar-refractivity contribution in [2.24, 2.45) is 0 Å². The third kappa shape index (κ3) is 4.19. The van der Waals surface area contributed by atoms with Crippen LogP contribution in [0.1, 0.15) is 25.7 Å². The van der Waals surface area contributed by atoms with Crippen LogP contribution in [-0.2, 0) is 4.79 Å². The maximum Gasteiger partial charge on any atom is 0.241 e. The normalized spacial score (nSPS) is 15.1. The summed E-state index contributed by atoms with van der Waals surface area (Å²) in [6.07, 6.45) is 4.59. The van der Waals surface area contributed by atoms with Crippen LogP contribution in [0.3, 0.4) is 0 Å². The fourth-order valence-corrected chi connectivity index (χ4v) is 2.83. The average molecular weight is 327 g/mol. The summed E-state index contributed by atoms with van der Waals surface area (Å²) in [5.74, 6) is 1.25. The number of anilines is 1. The molecule has 1 N–H and O–H groups in total. The van der Waals surface area contributed by atoms with E-state index in [4.69, 9.17) is 21.1 Å². The van der Waals surface area contributed by atoms with Crippen LogP contribution in [0.4, 0.5) is 5.69 Å². The molecule has 1 aromatic carbocycles. The molecule has 1 aliphatic heterocycles. The second-order valence-corrected chi connectivity index (χ2v) is 5.74.